The van der Waals surface area contributed by atoms with E-state index in [4.69, 9.17) is 11.6 Å². The average molecular weight is 212 g/mol. The van der Waals surface area contributed by atoms with Crippen LogP contribution in [-0.4, -0.2) is 11.0 Å². The van der Waals surface area contributed by atoms with Gasteiger partial charge in [-0.15, -0.1) is 0 Å². The predicted molar refractivity (Wildman–Crippen MR) is 54.4 cm³/mol. The van der Waals surface area contributed by atoms with Gasteiger partial charge in [0, 0.05) is 10.7 Å². The number of halogens is 1. The maximum Gasteiger partial charge on any atom is 0.228 e. The Morgan fingerprint density at radius 2 is 2.29 bits per heavy atom. The van der Waals surface area contributed by atoms with Gasteiger partial charge >= 0.3 is 0 Å². The number of rotatable bonds is 1. The fourth-order valence-electron chi connectivity index (χ4n) is 1.59. The lowest BCUT2D eigenvalue weighted by Gasteiger charge is -2.09. The molecule has 4 heteroatoms. The summed E-state index contributed by atoms with van der Waals surface area (Å²) in [5.41, 5.74) is 2.32. The summed E-state index contributed by atoms with van der Waals surface area (Å²) in [4.78, 5) is 11.1. The molecule has 1 aliphatic rings. The molecule has 1 heterocycles. The van der Waals surface area contributed by atoms with Crippen molar-refractivity contribution in [3.8, 4) is 0 Å². The van der Waals surface area contributed by atoms with Crippen molar-refractivity contribution >= 4 is 23.2 Å². The highest BCUT2D eigenvalue weighted by molar-refractivity contribution is 6.32. The first-order valence-electron chi connectivity index (χ1n) is 4.38. The number of aliphatic hydroxyl groups is 1. The molecule has 3 nitrogen and oxygen atoms in total. The molecule has 0 fully saturated rings. The number of carbonyl (C=O) groups is 1. The van der Waals surface area contributed by atoms with Crippen molar-refractivity contribution in [2.75, 3.05) is 5.32 Å². The van der Waals surface area contributed by atoms with Gasteiger partial charge < -0.3 is 10.4 Å². The standard InChI is InChI=1S/C10H10ClNO2/c1-5(13)7-2-6-3-10(14)12-9(6)4-8(7)11/h2,4-5,13H,3H2,1H3,(H,12,14). The predicted octanol–water partition coefficient (Wildman–Crippen LogP) is 1.89. The SMILES string of the molecule is CC(O)c1cc2c(cc1Cl)NC(=O)C2. The Balaban J connectivity index is 2.50. The van der Waals surface area contributed by atoms with Gasteiger partial charge in [0.15, 0.2) is 0 Å². The van der Waals surface area contributed by atoms with Gasteiger partial charge in [-0.25, -0.2) is 0 Å². The minimum Gasteiger partial charge on any atom is -0.389 e. The van der Waals surface area contributed by atoms with Crippen LogP contribution in [0, 0.1) is 0 Å². The van der Waals surface area contributed by atoms with Gasteiger partial charge in [0.2, 0.25) is 5.91 Å². The lowest BCUT2D eigenvalue weighted by atomic mass is 10.1. The fraction of sp³-hybridized carbons (Fsp3) is 0.300. The summed E-state index contributed by atoms with van der Waals surface area (Å²) in [6.07, 6.45) is -0.241. The van der Waals surface area contributed by atoms with Crippen LogP contribution in [0.3, 0.4) is 0 Å². The molecule has 0 radical (unpaired) electrons. The van der Waals surface area contributed by atoms with E-state index in [1.165, 1.54) is 0 Å². The molecule has 0 bridgehead atoms. The number of fused-ring (bicyclic) bond motifs is 1. The summed E-state index contributed by atoms with van der Waals surface area (Å²) in [5, 5.41) is 12.6. The third kappa shape index (κ3) is 1.49. The van der Waals surface area contributed by atoms with E-state index in [0.29, 0.717) is 17.0 Å². The van der Waals surface area contributed by atoms with Crippen LogP contribution in [0.1, 0.15) is 24.2 Å². The maximum absolute atomic E-state index is 11.1. The Morgan fingerprint density at radius 3 is 2.93 bits per heavy atom. The molecular weight excluding hydrogens is 202 g/mol. The van der Waals surface area contributed by atoms with E-state index in [0.717, 1.165) is 11.3 Å². The van der Waals surface area contributed by atoms with Crippen molar-refractivity contribution in [3.63, 3.8) is 0 Å². The summed E-state index contributed by atoms with van der Waals surface area (Å²) in [5.74, 6) is -0.0289. The third-order valence-electron chi connectivity index (χ3n) is 2.30. The molecule has 2 rings (SSSR count). The Morgan fingerprint density at radius 1 is 1.57 bits per heavy atom. The van der Waals surface area contributed by atoms with E-state index < -0.39 is 6.10 Å². The van der Waals surface area contributed by atoms with Gasteiger partial charge in [0.1, 0.15) is 0 Å². The van der Waals surface area contributed by atoms with E-state index in [1.54, 1.807) is 19.1 Å². The van der Waals surface area contributed by atoms with Crippen LogP contribution in [0.15, 0.2) is 12.1 Å². The molecule has 74 valence electrons. The molecule has 14 heavy (non-hydrogen) atoms. The van der Waals surface area contributed by atoms with E-state index >= 15 is 0 Å². The van der Waals surface area contributed by atoms with Gasteiger partial charge in [-0.2, -0.15) is 0 Å². The second kappa shape index (κ2) is 3.26. The molecule has 0 aromatic heterocycles. The highest BCUT2D eigenvalue weighted by Crippen LogP contribution is 2.32. The molecule has 1 amide bonds. The van der Waals surface area contributed by atoms with Gasteiger partial charge in [0.25, 0.3) is 0 Å². The first kappa shape index (κ1) is 9.49. The maximum atomic E-state index is 11.1. The zero-order chi connectivity index (χ0) is 10.3. The average Bonchev–Trinajstić information content (AvgIpc) is 2.42. The van der Waals surface area contributed by atoms with Crippen LogP contribution >= 0.6 is 11.6 Å². The highest BCUT2D eigenvalue weighted by atomic mass is 35.5. The van der Waals surface area contributed by atoms with Crippen LogP contribution in [0.5, 0.6) is 0 Å². The zero-order valence-electron chi connectivity index (χ0n) is 7.67. The Kier molecular flexibility index (Phi) is 2.21. The zero-order valence-corrected chi connectivity index (χ0v) is 8.43. The summed E-state index contributed by atoms with van der Waals surface area (Å²) >= 11 is 5.94. The van der Waals surface area contributed by atoms with Gasteiger partial charge in [-0.05, 0) is 30.2 Å². The van der Waals surface area contributed by atoms with Crippen LogP contribution in [0.4, 0.5) is 5.69 Å². The van der Waals surface area contributed by atoms with Gasteiger partial charge in [-0.1, -0.05) is 11.6 Å². The molecule has 2 N–H and O–H groups in total. The highest BCUT2D eigenvalue weighted by Gasteiger charge is 2.20. The van der Waals surface area contributed by atoms with Crippen molar-refractivity contribution in [1.29, 1.82) is 0 Å². The number of benzene rings is 1. The Bertz CT molecular complexity index is 401. The van der Waals surface area contributed by atoms with Crippen LogP contribution < -0.4 is 5.32 Å². The lowest BCUT2D eigenvalue weighted by molar-refractivity contribution is -0.115. The summed E-state index contributed by atoms with van der Waals surface area (Å²) in [7, 11) is 0. The first-order valence-corrected chi connectivity index (χ1v) is 4.76. The second-order valence-electron chi connectivity index (χ2n) is 3.43. The van der Waals surface area contributed by atoms with Crippen molar-refractivity contribution in [2.24, 2.45) is 0 Å². The number of hydrogen-bond donors (Lipinski definition) is 2. The second-order valence-corrected chi connectivity index (χ2v) is 3.84. The minimum atomic E-state index is -0.608. The normalized spacial score (nSPS) is 16.4. The number of aliphatic hydroxyl groups excluding tert-OH is 1. The van der Waals surface area contributed by atoms with Crippen molar-refractivity contribution < 1.29 is 9.90 Å². The molecular formula is C10H10ClNO2. The van der Waals surface area contributed by atoms with Gasteiger partial charge in [-0.3, -0.25) is 4.79 Å². The number of amides is 1. The molecule has 1 unspecified atom stereocenters. The number of anilines is 1. The summed E-state index contributed by atoms with van der Waals surface area (Å²) < 4.78 is 0. The smallest absolute Gasteiger partial charge is 0.228 e. The molecule has 1 aromatic rings. The van der Waals surface area contributed by atoms with Crippen molar-refractivity contribution in [1.82, 2.24) is 0 Å². The van der Waals surface area contributed by atoms with Gasteiger partial charge in [0.05, 0.1) is 12.5 Å². The van der Waals surface area contributed by atoms with Crippen LogP contribution in [-0.2, 0) is 11.2 Å². The molecule has 1 aromatic carbocycles. The van der Waals surface area contributed by atoms with E-state index in [9.17, 15) is 9.90 Å². The molecule has 0 saturated heterocycles. The topological polar surface area (TPSA) is 49.3 Å². The Labute approximate surface area is 86.7 Å². The molecule has 0 spiro atoms. The number of nitrogens with one attached hydrogen (secondary N) is 1. The van der Waals surface area contributed by atoms with Crippen molar-refractivity contribution in [3.05, 3.63) is 28.3 Å². The monoisotopic (exact) mass is 211 g/mol. The van der Waals surface area contributed by atoms with Crippen LogP contribution in [0.25, 0.3) is 0 Å². The molecule has 0 aliphatic carbocycles. The fourth-order valence-corrected chi connectivity index (χ4v) is 1.91. The third-order valence-corrected chi connectivity index (χ3v) is 2.63. The number of hydrogen-bond acceptors (Lipinski definition) is 2. The lowest BCUT2D eigenvalue weighted by Crippen LogP contribution is -2.03. The molecule has 1 aliphatic heterocycles. The van der Waals surface area contributed by atoms with E-state index in [-0.39, 0.29) is 5.91 Å². The Hall–Kier alpha value is -1.06. The van der Waals surface area contributed by atoms with E-state index in [1.807, 2.05) is 0 Å². The first-order chi connectivity index (χ1) is 6.58. The molecule has 1 atom stereocenters. The molecule has 0 saturated carbocycles. The largest absolute Gasteiger partial charge is 0.389 e. The number of carbonyl (C=O) groups excluding carboxylic acids is 1. The van der Waals surface area contributed by atoms with Crippen molar-refractivity contribution in [2.45, 2.75) is 19.4 Å². The quantitative estimate of drug-likeness (QED) is 0.745. The summed E-state index contributed by atoms with van der Waals surface area (Å²) in [6.45, 7) is 1.65. The van der Waals surface area contributed by atoms with Crippen LogP contribution in [0.2, 0.25) is 5.02 Å². The summed E-state index contributed by atoms with van der Waals surface area (Å²) in [6, 6.07) is 3.46. The minimum absolute atomic E-state index is 0.0289. The van der Waals surface area contributed by atoms with E-state index in [2.05, 4.69) is 5.32 Å².